The van der Waals surface area contributed by atoms with Gasteiger partial charge in [0.05, 0.1) is 10.8 Å². The van der Waals surface area contributed by atoms with E-state index in [4.69, 9.17) is 0 Å². The fourth-order valence-electron chi connectivity index (χ4n) is 4.53. The Bertz CT molecular complexity index is 1370. The van der Waals surface area contributed by atoms with Gasteiger partial charge < -0.3 is 25.8 Å². The number of halogens is 1. The van der Waals surface area contributed by atoms with Crippen molar-refractivity contribution in [2.24, 2.45) is 0 Å². The molecule has 1 aliphatic carbocycles. The summed E-state index contributed by atoms with van der Waals surface area (Å²) in [6.07, 6.45) is 1.11. The van der Waals surface area contributed by atoms with Crippen LogP contribution >= 0.6 is 11.3 Å². The summed E-state index contributed by atoms with van der Waals surface area (Å²) >= 11 is 0.989. The molecule has 3 aromatic carbocycles. The van der Waals surface area contributed by atoms with E-state index < -0.39 is 6.10 Å². The van der Waals surface area contributed by atoms with Crippen molar-refractivity contribution in [3.05, 3.63) is 98.4 Å². The van der Waals surface area contributed by atoms with Gasteiger partial charge in [-0.25, -0.2) is 4.39 Å². The number of hydrogen-bond acceptors (Lipinski definition) is 6. The van der Waals surface area contributed by atoms with Gasteiger partial charge in [-0.2, -0.15) is 0 Å². The standard InChI is InChI=1S/C27H28FN3O3S/c28-19-6-4-18(5-7-19)21-13-22(21)30-14-17-3-1-2-16(12-17)10-11-29-15-24(33)20-8-9-23(32)25-26(20)35-27(34)31-25/h1-9,12,21-22,24,29-30,32-33H,10-11,13-15H2,(H,31,34)/t21-,22+,24?/m0/s1. The molecule has 0 amide bonds. The van der Waals surface area contributed by atoms with E-state index in [9.17, 15) is 19.4 Å². The lowest BCUT2D eigenvalue weighted by Gasteiger charge is -2.14. The Morgan fingerprint density at radius 1 is 1.11 bits per heavy atom. The summed E-state index contributed by atoms with van der Waals surface area (Å²) in [6.45, 7) is 1.84. The van der Waals surface area contributed by atoms with Crippen LogP contribution in [0, 0.1) is 5.82 Å². The van der Waals surface area contributed by atoms with Crippen molar-refractivity contribution in [1.82, 2.24) is 15.6 Å². The number of aromatic hydroxyl groups is 1. The van der Waals surface area contributed by atoms with Gasteiger partial charge in [-0.1, -0.05) is 53.8 Å². The highest BCUT2D eigenvalue weighted by Crippen LogP contribution is 2.40. The van der Waals surface area contributed by atoms with E-state index in [1.54, 1.807) is 6.07 Å². The summed E-state index contributed by atoms with van der Waals surface area (Å²) in [4.78, 5) is 14.0. The third-order valence-corrected chi connectivity index (χ3v) is 7.45. The van der Waals surface area contributed by atoms with Crippen LogP contribution in [0.5, 0.6) is 5.75 Å². The molecule has 5 rings (SSSR count). The van der Waals surface area contributed by atoms with E-state index in [1.165, 1.54) is 34.9 Å². The molecule has 182 valence electrons. The molecule has 0 spiro atoms. The molecule has 1 heterocycles. The molecule has 4 aromatic rings. The van der Waals surface area contributed by atoms with Gasteiger partial charge in [0.15, 0.2) is 0 Å². The lowest BCUT2D eigenvalue weighted by Crippen LogP contribution is -2.24. The molecule has 5 N–H and O–H groups in total. The molecule has 35 heavy (non-hydrogen) atoms. The van der Waals surface area contributed by atoms with Gasteiger partial charge in [-0.15, -0.1) is 0 Å². The molecule has 0 radical (unpaired) electrons. The second-order valence-corrected chi connectivity index (χ2v) is 10.0. The summed E-state index contributed by atoms with van der Waals surface area (Å²) in [6, 6.07) is 18.8. The molecule has 0 bridgehead atoms. The number of aromatic nitrogens is 1. The van der Waals surface area contributed by atoms with Crippen LogP contribution in [0.4, 0.5) is 4.39 Å². The number of hydrogen-bond donors (Lipinski definition) is 5. The molecule has 1 saturated carbocycles. The second kappa shape index (κ2) is 10.3. The fourth-order valence-corrected chi connectivity index (χ4v) is 5.44. The molecule has 1 fully saturated rings. The lowest BCUT2D eigenvalue weighted by atomic mass is 10.1. The predicted molar refractivity (Wildman–Crippen MR) is 136 cm³/mol. The van der Waals surface area contributed by atoms with Crippen LogP contribution in [0.2, 0.25) is 0 Å². The predicted octanol–water partition coefficient (Wildman–Crippen LogP) is 3.95. The number of aliphatic hydroxyl groups is 1. The van der Waals surface area contributed by atoms with Gasteiger partial charge in [0, 0.05) is 30.6 Å². The van der Waals surface area contributed by atoms with Gasteiger partial charge in [-0.05, 0) is 54.3 Å². The molecule has 1 aliphatic rings. The minimum atomic E-state index is -0.785. The number of aliphatic hydroxyl groups excluding tert-OH is 1. The number of phenols is 1. The van der Waals surface area contributed by atoms with Crippen LogP contribution in [0.25, 0.3) is 10.2 Å². The molecule has 1 unspecified atom stereocenters. The average molecular weight is 494 g/mol. The van der Waals surface area contributed by atoms with Crippen LogP contribution < -0.4 is 15.5 Å². The van der Waals surface area contributed by atoms with Crippen LogP contribution in [0.1, 0.15) is 40.7 Å². The van der Waals surface area contributed by atoms with Crippen LogP contribution in [-0.2, 0) is 13.0 Å². The topological polar surface area (TPSA) is 97.4 Å². The molecule has 8 heteroatoms. The Kier molecular flexibility index (Phi) is 6.97. The molecule has 0 saturated heterocycles. The molecule has 0 aliphatic heterocycles. The van der Waals surface area contributed by atoms with E-state index in [1.807, 2.05) is 12.1 Å². The smallest absolute Gasteiger partial charge is 0.305 e. The molecule has 6 nitrogen and oxygen atoms in total. The van der Waals surface area contributed by atoms with Gasteiger partial charge in [0.25, 0.3) is 0 Å². The van der Waals surface area contributed by atoms with Crippen molar-refractivity contribution >= 4 is 21.6 Å². The van der Waals surface area contributed by atoms with Gasteiger partial charge in [0.2, 0.25) is 0 Å². The highest BCUT2D eigenvalue weighted by Gasteiger charge is 2.37. The van der Waals surface area contributed by atoms with Crippen molar-refractivity contribution in [3.63, 3.8) is 0 Å². The van der Waals surface area contributed by atoms with E-state index in [-0.39, 0.29) is 16.4 Å². The largest absolute Gasteiger partial charge is 0.506 e. The minimum Gasteiger partial charge on any atom is -0.506 e. The molecule has 1 aromatic heterocycles. The Hall–Kier alpha value is -3.04. The first kappa shape index (κ1) is 23.7. The number of aromatic amines is 1. The Morgan fingerprint density at radius 3 is 2.74 bits per heavy atom. The highest BCUT2D eigenvalue weighted by molar-refractivity contribution is 7.16. The van der Waals surface area contributed by atoms with Crippen molar-refractivity contribution in [2.75, 3.05) is 13.1 Å². The number of rotatable bonds is 10. The van der Waals surface area contributed by atoms with Gasteiger partial charge in [-0.3, -0.25) is 4.79 Å². The highest BCUT2D eigenvalue weighted by atomic mass is 32.1. The van der Waals surface area contributed by atoms with Crippen LogP contribution in [-0.4, -0.2) is 34.3 Å². The molecular formula is C27H28FN3O3S. The summed E-state index contributed by atoms with van der Waals surface area (Å²) in [7, 11) is 0. The Labute approximate surface area is 206 Å². The average Bonchev–Trinajstić information content (AvgIpc) is 3.52. The molecular weight excluding hydrogens is 465 g/mol. The van der Waals surface area contributed by atoms with E-state index in [2.05, 4.69) is 39.9 Å². The number of H-pyrrole nitrogens is 1. The monoisotopic (exact) mass is 493 g/mol. The van der Waals surface area contributed by atoms with Gasteiger partial charge >= 0.3 is 4.87 Å². The maximum absolute atomic E-state index is 13.1. The van der Waals surface area contributed by atoms with E-state index >= 15 is 0 Å². The fraction of sp³-hybridized carbons (Fsp3) is 0.296. The zero-order chi connectivity index (χ0) is 24.4. The van der Waals surface area contributed by atoms with Crippen molar-refractivity contribution < 1.29 is 14.6 Å². The summed E-state index contributed by atoms with van der Waals surface area (Å²) in [5.74, 6) is 0.261. The number of benzene rings is 3. The third-order valence-electron chi connectivity index (χ3n) is 6.52. The third kappa shape index (κ3) is 5.62. The minimum absolute atomic E-state index is 0.00397. The zero-order valence-electron chi connectivity index (χ0n) is 19.1. The molecule has 3 atom stereocenters. The normalized spacial score (nSPS) is 18.1. The van der Waals surface area contributed by atoms with Crippen LogP contribution in [0.3, 0.4) is 0 Å². The second-order valence-electron chi connectivity index (χ2n) is 9.06. The summed E-state index contributed by atoms with van der Waals surface area (Å²) in [5.41, 5.74) is 4.62. The van der Waals surface area contributed by atoms with E-state index in [0.29, 0.717) is 40.8 Å². The first-order valence-corrected chi connectivity index (χ1v) is 12.6. The number of fused-ring (bicyclic) bond motifs is 1. The zero-order valence-corrected chi connectivity index (χ0v) is 19.9. The first-order valence-electron chi connectivity index (χ1n) is 11.8. The first-order chi connectivity index (χ1) is 17.0. The number of thiazole rings is 1. The van der Waals surface area contributed by atoms with Crippen molar-refractivity contribution in [1.29, 1.82) is 0 Å². The van der Waals surface area contributed by atoms with Crippen molar-refractivity contribution in [2.45, 2.75) is 37.5 Å². The Morgan fingerprint density at radius 2 is 1.91 bits per heavy atom. The van der Waals surface area contributed by atoms with Gasteiger partial charge in [0.1, 0.15) is 17.1 Å². The quantitative estimate of drug-likeness (QED) is 0.216. The van der Waals surface area contributed by atoms with Crippen LogP contribution in [0.15, 0.2) is 65.5 Å². The maximum atomic E-state index is 13.1. The Balaban J connectivity index is 1.08. The summed E-state index contributed by atoms with van der Waals surface area (Å²) < 4.78 is 13.7. The van der Waals surface area contributed by atoms with Crippen molar-refractivity contribution in [3.8, 4) is 5.75 Å². The van der Waals surface area contributed by atoms with E-state index in [0.717, 1.165) is 30.7 Å². The number of nitrogens with one attached hydrogen (secondary N) is 3. The maximum Gasteiger partial charge on any atom is 0.305 e. The lowest BCUT2D eigenvalue weighted by molar-refractivity contribution is 0.176. The summed E-state index contributed by atoms with van der Waals surface area (Å²) in [5, 5.41) is 27.4. The number of phenolic OH excluding ortho intramolecular Hbond substituents is 1. The SMILES string of the molecule is O=c1[nH]c2c(O)ccc(C(O)CNCCc3cccc(CN[C@@H]4C[C@H]4c4ccc(F)cc4)c3)c2s1.